The number of benzene rings is 1. The van der Waals surface area contributed by atoms with Gasteiger partial charge in [0, 0.05) is 11.5 Å². The van der Waals surface area contributed by atoms with Crippen molar-refractivity contribution < 1.29 is 9.66 Å². The molecule has 0 N–H and O–H groups in total. The van der Waals surface area contributed by atoms with Gasteiger partial charge < -0.3 is 4.74 Å². The molecule has 0 aliphatic heterocycles. The fourth-order valence-electron chi connectivity index (χ4n) is 2.66. The number of hydrogen-bond donors (Lipinski definition) is 1. The van der Waals surface area contributed by atoms with Crippen molar-refractivity contribution in [1.82, 2.24) is 0 Å². The Hall–Kier alpha value is -0.750. The maximum absolute atomic E-state index is 11.1. The molecule has 0 aromatic heterocycles. The van der Waals surface area contributed by atoms with Crippen LogP contribution in [-0.4, -0.2) is 17.3 Å². The number of nitro benzene ring substituents is 1. The van der Waals surface area contributed by atoms with E-state index in [0.717, 1.165) is 18.6 Å². The summed E-state index contributed by atoms with van der Waals surface area (Å²) >= 11 is 7.79. The van der Waals surface area contributed by atoms with E-state index in [-0.39, 0.29) is 11.1 Å². The SMILES string of the molecule is O=[N+]([O-])c1cccc(Br)c1OCC1(CS)CCCCC1. The molecule has 1 saturated carbocycles. The van der Waals surface area contributed by atoms with Crippen molar-refractivity contribution in [3.8, 4) is 5.75 Å². The first-order valence-corrected chi connectivity index (χ1v) is 8.17. The minimum atomic E-state index is -0.408. The Labute approximate surface area is 132 Å². The van der Waals surface area contributed by atoms with Gasteiger partial charge in [0.2, 0.25) is 5.75 Å². The monoisotopic (exact) mass is 359 g/mol. The molecule has 0 unspecified atom stereocenters. The number of thiol groups is 1. The van der Waals surface area contributed by atoms with E-state index in [4.69, 9.17) is 4.74 Å². The van der Waals surface area contributed by atoms with Gasteiger partial charge in [-0.15, -0.1) is 0 Å². The summed E-state index contributed by atoms with van der Waals surface area (Å²) in [5.41, 5.74) is 0.0503. The first-order chi connectivity index (χ1) is 9.58. The normalized spacial score (nSPS) is 17.7. The smallest absolute Gasteiger partial charge is 0.312 e. The number of ether oxygens (including phenoxy) is 1. The summed E-state index contributed by atoms with van der Waals surface area (Å²) in [4.78, 5) is 10.7. The molecule has 1 aromatic rings. The fourth-order valence-corrected chi connectivity index (χ4v) is 3.54. The van der Waals surface area contributed by atoms with Crippen molar-refractivity contribution >= 4 is 34.2 Å². The molecule has 6 heteroatoms. The molecule has 0 bridgehead atoms. The largest absolute Gasteiger partial charge is 0.485 e. The molecule has 0 atom stereocenters. The molecule has 0 heterocycles. The van der Waals surface area contributed by atoms with Gasteiger partial charge in [0.15, 0.2) is 0 Å². The highest BCUT2D eigenvalue weighted by Gasteiger charge is 2.32. The van der Waals surface area contributed by atoms with Crippen LogP contribution < -0.4 is 4.74 Å². The summed E-state index contributed by atoms with van der Waals surface area (Å²) in [6.07, 6.45) is 5.78. The van der Waals surface area contributed by atoms with Gasteiger partial charge >= 0.3 is 5.69 Å². The highest BCUT2D eigenvalue weighted by molar-refractivity contribution is 9.10. The molecule has 4 nitrogen and oxygen atoms in total. The second-order valence-electron chi connectivity index (χ2n) is 5.35. The summed E-state index contributed by atoms with van der Waals surface area (Å²) in [6, 6.07) is 4.87. The molecule has 0 spiro atoms. The molecule has 1 aromatic carbocycles. The summed E-state index contributed by atoms with van der Waals surface area (Å²) in [5, 5.41) is 11.1. The van der Waals surface area contributed by atoms with Crippen LogP contribution in [0.4, 0.5) is 5.69 Å². The molecule has 0 saturated heterocycles. The van der Waals surface area contributed by atoms with Crippen LogP contribution in [0, 0.1) is 15.5 Å². The molecule has 1 fully saturated rings. The Morgan fingerprint density at radius 2 is 2.05 bits per heavy atom. The average molecular weight is 360 g/mol. The third-order valence-electron chi connectivity index (χ3n) is 3.92. The summed E-state index contributed by atoms with van der Waals surface area (Å²) in [5.74, 6) is 1.08. The Bertz CT molecular complexity index is 489. The number of hydrogen-bond acceptors (Lipinski definition) is 4. The predicted octanol–water partition coefficient (Wildman–Crippen LogP) is 4.62. The van der Waals surface area contributed by atoms with Gasteiger partial charge in [-0.05, 0) is 40.6 Å². The standard InChI is InChI=1S/C14H18BrNO3S/c15-11-5-4-6-12(16(17)18)13(11)19-9-14(10-20)7-2-1-3-8-14/h4-6,20H,1-3,7-10H2. The lowest BCUT2D eigenvalue weighted by atomic mass is 9.76. The lowest BCUT2D eigenvalue weighted by Crippen LogP contribution is -2.33. The Balaban J connectivity index is 2.15. The van der Waals surface area contributed by atoms with E-state index in [0.29, 0.717) is 16.8 Å². The van der Waals surface area contributed by atoms with Crippen molar-refractivity contribution in [1.29, 1.82) is 0 Å². The van der Waals surface area contributed by atoms with Crippen molar-refractivity contribution in [2.75, 3.05) is 12.4 Å². The topological polar surface area (TPSA) is 52.4 Å². The van der Waals surface area contributed by atoms with Gasteiger partial charge in [-0.2, -0.15) is 12.6 Å². The molecule has 1 aliphatic carbocycles. The average Bonchev–Trinajstić information content (AvgIpc) is 2.46. The first-order valence-electron chi connectivity index (χ1n) is 6.74. The van der Waals surface area contributed by atoms with E-state index in [1.807, 2.05) is 0 Å². The van der Waals surface area contributed by atoms with Gasteiger partial charge in [0.1, 0.15) is 0 Å². The third kappa shape index (κ3) is 3.47. The zero-order chi connectivity index (χ0) is 14.6. The maximum Gasteiger partial charge on any atom is 0.312 e. The van der Waals surface area contributed by atoms with E-state index in [2.05, 4.69) is 28.6 Å². The van der Waals surface area contributed by atoms with Crippen molar-refractivity contribution in [2.45, 2.75) is 32.1 Å². The van der Waals surface area contributed by atoms with E-state index >= 15 is 0 Å². The van der Waals surface area contributed by atoms with E-state index in [1.54, 1.807) is 12.1 Å². The fraction of sp³-hybridized carbons (Fsp3) is 0.571. The summed E-state index contributed by atoms with van der Waals surface area (Å²) < 4.78 is 6.45. The molecule has 2 rings (SSSR count). The lowest BCUT2D eigenvalue weighted by Gasteiger charge is -2.35. The van der Waals surface area contributed by atoms with Crippen LogP contribution >= 0.6 is 28.6 Å². The van der Waals surface area contributed by atoms with E-state index in [1.165, 1.54) is 25.3 Å². The highest BCUT2D eigenvalue weighted by Crippen LogP contribution is 2.40. The molecule has 110 valence electrons. The molecular weight excluding hydrogens is 342 g/mol. The zero-order valence-corrected chi connectivity index (χ0v) is 13.7. The minimum absolute atomic E-state index is 0.00417. The Kier molecular flexibility index (Phi) is 5.32. The van der Waals surface area contributed by atoms with Gasteiger partial charge in [-0.3, -0.25) is 10.1 Å². The predicted molar refractivity (Wildman–Crippen MR) is 85.7 cm³/mol. The van der Waals surface area contributed by atoms with Crippen LogP contribution in [0.1, 0.15) is 32.1 Å². The van der Waals surface area contributed by atoms with Crippen LogP contribution in [0.15, 0.2) is 22.7 Å². The highest BCUT2D eigenvalue weighted by atomic mass is 79.9. The third-order valence-corrected chi connectivity index (χ3v) is 5.21. The molecular formula is C14H18BrNO3S. The number of nitrogens with zero attached hydrogens (tertiary/aromatic N) is 1. The van der Waals surface area contributed by atoms with Crippen LogP contribution in [0.3, 0.4) is 0 Å². The summed E-state index contributed by atoms with van der Waals surface area (Å²) in [7, 11) is 0. The quantitative estimate of drug-likeness (QED) is 0.474. The van der Waals surface area contributed by atoms with Gasteiger partial charge in [0.25, 0.3) is 0 Å². The Morgan fingerprint density at radius 1 is 1.35 bits per heavy atom. The first kappa shape index (κ1) is 15.6. The molecule has 1 aliphatic rings. The van der Waals surface area contributed by atoms with Crippen LogP contribution in [0.5, 0.6) is 5.75 Å². The molecule has 0 radical (unpaired) electrons. The van der Waals surface area contributed by atoms with Crippen molar-refractivity contribution in [3.63, 3.8) is 0 Å². The minimum Gasteiger partial charge on any atom is -0.485 e. The van der Waals surface area contributed by atoms with Gasteiger partial charge in [-0.25, -0.2) is 0 Å². The van der Waals surface area contributed by atoms with Gasteiger partial charge in [0.05, 0.1) is 16.0 Å². The van der Waals surface area contributed by atoms with E-state index in [9.17, 15) is 10.1 Å². The molecule has 20 heavy (non-hydrogen) atoms. The van der Waals surface area contributed by atoms with Crippen molar-refractivity contribution in [2.24, 2.45) is 5.41 Å². The lowest BCUT2D eigenvalue weighted by molar-refractivity contribution is -0.386. The maximum atomic E-state index is 11.1. The summed E-state index contributed by atoms with van der Waals surface area (Å²) in [6.45, 7) is 0.486. The second kappa shape index (κ2) is 6.80. The number of para-hydroxylation sites is 1. The number of nitro groups is 1. The molecule has 0 amide bonds. The number of halogens is 1. The zero-order valence-electron chi connectivity index (χ0n) is 11.2. The van der Waals surface area contributed by atoms with Crippen LogP contribution in [0.2, 0.25) is 0 Å². The van der Waals surface area contributed by atoms with E-state index < -0.39 is 4.92 Å². The van der Waals surface area contributed by atoms with Crippen molar-refractivity contribution in [3.05, 3.63) is 32.8 Å². The Morgan fingerprint density at radius 3 is 2.65 bits per heavy atom. The van der Waals surface area contributed by atoms with Crippen LogP contribution in [-0.2, 0) is 0 Å². The van der Waals surface area contributed by atoms with Gasteiger partial charge in [-0.1, -0.05) is 25.3 Å². The second-order valence-corrected chi connectivity index (χ2v) is 6.52. The number of rotatable bonds is 5. The van der Waals surface area contributed by atoms with Crippen LogP contribution in [0.25, 0.3) is 0 Å².